The summed E-state index contributed by atoms with van der Waals surface area (Å²) in [4.78, 5) is 5.28. The Morgan fingerprint density at radius 2 is 2.00 bits per heavy atom. The largest absolute Gasteiger partial charge is 0.330 e. The van der Waals surface area contributed by atoms with Crippen LogP contribution in [0.2, 0.25) is 0 Å². The number of nitrogens with two attached hydrogens (primary N) is 1. The third kappa shape index (κ3) is 2.76. The second-order valence-electron chi connectivity index (χ2n) is 5.77. The third-order valence-corrected chi connectivity index (χ3v) is 4.57. The second kappa shape index (κ2) is 5.48. The lowest BCUT2D eigenvalue weighted by atomic mass is 10.1. The number of fused-ring (bicyclic) bond motifs is 2. The molecule has 0 aromatic heterocycles. The van der Waals surface area contributed by atoms with Crippen LogP contribution in [0.4, 0.5) is 0 Å². The van der Waals surface area contributed by atoms with Crippen molar-refractivity contribution in [3.05, 3.63) is 0 Å². The molecule has 3 heteroatoms. The predicted octanol–water partition coefficient (Wildman–Crippen LogP) is 1.14. The van der Waals surface area contributed by atoms with E-state index in [1.807, 2.05) is 0 Å². The number of likely N-dealkylation sites (tertiary alicyclic amines) is 1. The van der Waals surface area contributed by atoms with Gasteiger partial charge in [-0.3, -0.25) is 4.90 Å². The number of likely N-dealkylation sites (N-methyl/N-ethyl adjacent to an activating group) is 1. The third-order valence-electron chi connectivity index (χ3n) is 4.57. The van der Waals surface area contributed by atoms with Gasteiger partial charge < -0.3 is 10.6 Å². The van der Waals surface area contributed by atoms with Gasteiger partial charge in [0.2, 0.25) is 0 Å². The first-order chi connectivity index (χ1) is 7.70. The molecule has 2 saturated heterocycles. The standard InChI is InChI=1S/C13H27N3/c1-11(9-14)5-7-16-8-6-12-3-4-13(10-16)15(12)2/h11-13H,3-10,14H2,1-2H3. The minimum atomic E-state index is 0.679. The lowest BCUT2D eigenvalue weighted by molar-refractivity contribution is 0.212. The fourth-order valence-electron chi connectivity index (χ4n) is 3.10. The van der Waals surface area contributed by atoms with Crippen LogP contribution in [0.3, 0.4) is 0 Å². The zero-order chi connectivity index (χ0) is 11.5. The molecule has 2 aliphatic rings. The average molecular weight is 225 g/mol. The Labute approximate surface area is 100.0 Å². The Morgan fingerprint density at radius 3 is 2.75 bits per heavy atom. The van der Waals surface area contributed by atoms with Crippen molar-refractivity contribution < 1.29 is 0 Å². The molecule has 2 fully saturated rings. The minimum absolute atomic E-state index is 0.679. The van der Waals surface area contributed by atoms with Gasteiger partial charge in [-0.15, -0.1) is 0 Å². The van der Waals surface area contributed by atoms with Crippen molar-refractivity contribution in [3.8, 4) is 0 Å². The van der Waals surface area contributed by atoms with E-state index in [4.69, 9.17) is 5.73 Å². The van der Waals surface area contributed by atoms with Gasteiger partial charge >= 0.3 is 0 Å². The summed E-state index contributed by atoms with van der Waals surface area (Å²) in [5, 5.41) is 0. The molecule has 3 unspecified atom stereocenters. The van der Waals surface area contributed by atoms with Gasteiger partial charge in [-0.05, 0) is 58.3 Å². The average Bonchev–Trinajstić information content (AvgIpc) is 2.52. The number of nitrogens with zero attached hydrogens (tertiary/aromatic N) is 2. The van der Waals surface area contributed by atoms with E-state index in [1.54, 1.807) is 0 Å². The summed E-state index contributed by atoms with van der Waals surface area (Å²) in [6.45, 7) is 6.92. The molecule has 0 amide bonds. The van der Waals surface area contributed by atoms with Gasteiger partial charge in [-0.25, -0.2) is 0 Å². The molecule has 0 radical (unpaired) electrons. The maximum absolute atomic E-state index is 5.67. The first-order valence-corrected chi connectivity index (χ1v) is 6.85. The Kier molecular flexibility index (Phi) is 4.22. The summed E-state index contributed by atoms with van der Waals surface area (Å²) in [6.07, 6.45) is 5.46. The summed E-state index contributed by atoms with van der Waals surface area (Å²) in [5.74, 6) is 0.679. The molecular weight excluding hydrogens is 198 g/mol. The molecule has 16 heavy (non-hydrogen) atoms. The SMILES string of the molecule is CC(CN)CCN1CCC2CCC(C1)N2C. The highest BCUT2D eigenvalue weighted by Gasteiger charge is 2.34. The minimum Gasteiger partial charge on any atom is -0.330 e. The van der Waals surface area contributed by atoms with Gasteiger partial charge in [0.05, 0.1) is 0 Å². The van der Waals surface area contributed by atoms with Gasteiger partial charge in [-0.1, -0.05) is 6.92 Å². The van der Waals surface area contributed by atoms with Crippen LogP contribution in [0, 0.1) is 5.92 Å². The molecule has 0 aliphatic carbocycles. The smallest absolute Gasteiger partial charge is 0.0223 e. The molecule has 2 rings (SSSR count). The van der Waals surface area contributed by atoms with Crippen molar-refractivity contribution >= 4 is 0 Å². The van der Waals surface area contributed by atoms with Crippen LogP contribution in [0.25, 0.3) is 0 Å². The monoisotopic (exact) mass is 225 g/mol. The van der Waals surface area contributed by atoms with E-state index in [1.165, 1.54) is 45.3 Å². The summed E-state index contributed by atoms with van der Waals surface area (Å²) in [5.41, 5.74) is 5.67. The Balaban J connectivity index is 1.80. The van der Waals surface area contributed by atoms with Crippen molar-refractivity contribution in [1.29, 1.82) is 0 Å². The van der Waals surface area contributed by atoms with Crippen molar-refractivity contribution in [2.24, 2.45) is 11.7 Å². The molecule has 0 spiro atoms. The second-order valence-corrected chi connectivity index (χ2v) is 5.77. The molecule has 2 aliphatic heterocycles. The number of hydrogen-bond acceptors (Lipinski definition) is 3. The molecule has 3 atom stereocenters. The normalized spacial score (nSPS) is 33.9. The van der Waals surface area contributed by atoms with E-state index in [-0.39, 0.29) is 0 Å². The molecule has 3 nitrogen and oxygen atoms in total. The van der Waals surface area contributed by atoms with Crippen LogP contribution in [0.1, 0.15) is 32.6 Å². The first kappa shape index (κ1) is 12.3. The van der Waals surface area contributed by atoms with Gasteiger partial charge in [0, 0.05) is 18.6 Å². The molecule has 2 N–H and O–H groups in total. The van der Waals surface area contributed by atoms with Crippen LogP contribution < -0.4 is 5.73 Å². The van der Waals surface area contributed by atoms with E-state index in [0.717, 1.165) is 18.6 Å². The molecular formula is C13H27N3. The van der Waals surface area contributed by atoms with Gasteiger partial charge in [-0.2, -0.15) is 0 Å². The first-order valence-electron chi connectivity index (χ1n) is 6.85. The van der Waals surface area contributed by atoms with Gasteiger partial charge in [0.1, 0.15) is 0 Å². The molecule has 0 saturated carbocycles. The Hall–Kier alpha value is -0.120. The maximum atomic E-state index is 5.67. The fourth-order valence-corrected chi connectivity index (χ4v) is 3.10. The highest BCUT2D eigenvalue weighted by atomic mass is 15.3. The van der Waals surface area contributed by atoms with Crippen LogP contribution in [-0.2, 0) is 0 Å². The van der Waals surface area contributed by atoms with Crippen LogP contribution in [-0.4, -0.2) is 55.1 Å². The quantitative estimate of drug-likeness (QED) is 0.779. The van der Waals surface area contributed by atoms with Crippen molar-refractivity contribution in [1.82, 2.24) is 9.80 Å². The Bertz CT molecular complexity index is 219. The number of hydrogen-bond donors (Lipinski definition) is 1. The van der Waals surface area contributed by atoms with Crippen LogP contribution >= 0.6 is 0 Å². The van der Waals surface area contributed by atoms with Crippen molar-refractivity contribution in [3.63, 3.8) is 0 Å². The predicted molar refractivity (Wildman–Crippen MR) is 68.5 cm³/mol. The number of rotatable bonds is 4. The highest BCUT2D eigenvalue weighted by Crippen LogP contribution is 2.28. The van der Waals surface area contributed by atoms with E-state index in [2.05, 4.69) is 23.8 Å². The lowest BCUT2D eigenvalue weighted by Gasteiger charge is -2.26. The van der Waals surface area contributed by atoms with Gasteiger partial charge in [0.15, 0.2) is 0 Å². The van der Waals surface area contributed by atoms with Crippen molar-refractivity contribution in [2.45, 2.75) is 44.7 Å². The molecule has 0 aromatic rings. The molecule has 0 aromatic carbocycles. The Morgan fingerprint density at radius 1 is 1.25 bits per heavy atom. The van der Waals surface area contributed by atoms with Crippen LogP contribution in [0.15, 0.2) is 0 Å². The zero-order valence-corrected chi connectivity index (χ0v) is 10.9. The fraction of sp³-hybridized carbons (Fsp3) is 1.00. The highest BCUT2D eigenvalue weighted by molar-refractivity contribution is 4.90. The zero-order valence-electron chi connectivity index (χ0n) is 10.9. The van der Waals surface area contributed by atoms with E-state index < -0.39 is 0 Å². The molecule has 2 bridgehead atoms. The summed E-state index contributed by atoms with van der Waals surface area (Å²) >= 11 is 0. The summed E-state index contributed by atoms with van der Waals surface area (Å²) < 4.78 is 0. The topological polar surface area (TPSA) is 32.5 Å². The van der Waals surface area contributed by atoms with E-state index in [0.29, 0.717) is 5.92 Å². The van der Waals surface area contributed by atoms with E-state index >= 15 is 0 Å². The van der Waals surface area contributed by atoms with Crippen LogP contribution in [0.5, 0.6) is 0 Å². The van der Waals surface area contributed by atoms with Crippen molar-refractivity contribution in [2.75, 3.05) is 33.2 Å². The summed E-state index contributed by atoms with van der Waals surface area (Å²) in [6, 6.07) is 1.68. The lowest BCUT2D eigenvalue weighted by Crippen LogP contribution is -2.37. The maximum Gasteiger partial charge on any atom is 0.0223 e. The van der Waals surface area contributed by atoms with Gasteiger partial charge in [0.25, 0.3) is 0 Å². The molecule has 2 heterocycles. The summed E-state index contributed by atoms with van der Waals surface area (Å²) in [7, 11) is 2.31. The molecule has 94 valence electrons. The van der Waals surface area contributed by atoms with E-state index in [9.17, 15) is 0 Å².